The fourth-order valence-electron chi connectivity index (χ4n) is 5.19. The Hall–Kier alpha value is -5.16. The van der Waals surface area contributed by atoms with Gasteiger partial charge in [0, 0.05) is 48.7 Å². The molecule has 2 amide bonds. The summed E-state index contributed by atoms with van der Waals surface area (Å²) < 4.78 is 11.0. The lowest BCUT2D eigenvalue weighted by atomic mass is 10.0. The molecule has 2 aromatic heterocycles. The third-order valence-corrected chi connectivity index (χ3v) is 7.29. The van der Waals surface area contributed by atoms with Crippen LogP contribution >= 0.6 is 0 Å². The molecule has 0 spiro atoms. The fraction of sp³-hybridized carbons (Fsp3) is 0.200. The van der Waals surface area contributed by atoms with Crippen molar-refractivity contribution in [3.05, 3.63) is 106 Å². The van der Waals surface area contributed by atoms with Crippen molar-refractivity contribution in [1.82, 2.24) is 4.90 Å². The van der Waals surface area contributed by atoms with E-state index in [1.807, 2.05) is 24.3 Å². The van der Waals surface area contributed by atoms with Gasteiger partial charge in [-0.05, 0) is 74.6 Å². The van der Waals surface area contributed by atoms with Gasteiger partial charge in [0.15, 0.2) is 11.5 Å². The number of carbonyl (C=O) groups is 2. The molecule has 1 saturated heterocycles. The van der Waals surface area contributed by atoms with E-state index in [2.05, 4.69) is 22.2 Å². The molecule has 208 valence electrons. The second-order valence-electron chi connectivity index (χ2n) is 9.92. The second-order valence-corrected chi connectivity index (χ2v) is 9.92. The molecule has 0 saturated carbocycles. The first-order valence-electron chi connectivity index (χ1n) is 13.2. The maximum absolute atomic E-state index is 14.0. The molecule has 41 heavy (non-hydrogen) atoms. The van der Waals surface area contributed by atoms with Crippen molar-refractivity contribution in [2.75, 3.05) is 48.3 Å². The number of nitrogens with one attached hydrogen (secondary N) is 1. The minimum atomic E-state index is -0.733. The number of imide groups is 1. The molecule has 2 aromatic carbocycles. The summed E-state index contributed by atoms with van der Waals surface area (Å²) in [6, 6.07) is 18.3. The Labute approximate surface area is 235 Å². The number of likely N-dealkylation sites (N-methyl/N-ethyl adjacent to an activating group) is 1. The predicted molar refractivity (Wildman–Crippen MR) is 154 cm³/mol. The van der Waals surface area contributed by atoms with Crippen molar-refractivity contribution in [1.29, 1.82) is 0 Å². The molecule has 2 aliphatic rings. The maximum atomic E-state index is 14.0. The second kappa shape index (κ2) is 10.8. The van der Waals surface area contributed by atoms with Crippen LogP contribution in [-0.4, -0.2) is 54.9 Å². The summed E-state index contributed by atoms with van der Waals surface area (Å²) in [4.78, 5) is 43.9. The standard InChI is InChI=1S/C30H27N5O6/c1-32-13-4-14-33(16-15-32)21-9-7-20(8-10-21)31-28(25-5-2-17-40-25)27-23-12-11-22(35(38)39)19-24(23)34(30(27)37)29(36)26-6-3-18-41-26/h2-3,5-12,17-19,31H,4,13-16H2,1H3/b28-27-. The van der Waals surface area contributed by atoms with E-state index in [-0.39, 0.29) is 22.7 Å². The summed E-state index contributed by atoms with van der Waals surface area (Å²) in [6.45, 7) is 3.95. The molecule has 1 N–H and O–H groups in total. The number of non-ortho nitro benzene ring substituents is 1. The average Bonchev–Trinajstić information content (AvgIpc) is 3.72. The number of nitrogens with zero attached hydrogens (tertiary/aromatic N) is 4. The van der Waals surface area contributed by atoms with Crippen LogP contribution in [0.5, 0.6) is 0 Å². The number of amides is 2. The maximum Gasteiger partial charge on any atom is 0.301 e. The Morgan fingerprint density at radius 2 is 1.66 bits per heavy atom. The number of carbonyl (C=O) groups excluding carboxylic acids is 2. The first kappa shape index (κ1) is 26.1. The SMILES string of the molecule is CN1CCCN(c2ccc(N/C(=C3\C(=O)N(C(=O)c4ccco4)c4cc([N+](=O)[O-])ccc43)c3ccco3)cc2)CC1. The molecule has 1 fully saturated rings. The highest BCUT2D eigenvalue weighted by Crippen LogP contribution is 2.43. The number of nitro benzene ring substituents is 1. The fourth-order valence-corrected chi connectivity index (χ4v) is 5.19. The Bertz CT molecular complexity index is 1630. The van der Waals surface area contributed by atoms with Gasteiger partial charge in [0.1, 0.15) is 0 Å². The number of benzene rings is 2. The Balaban J connectivity index is 1.41. The number of hydrogen-bond donors (Lipinski definition) is 1. The van der Waals surface area contributed by atoms with Gasteiger partial charge in [-0.3, -0.25) is 19.7 Å². The van der Waals surface area contributed by atoms with E-state index in [0.29, 0.717) is 22.7 Å². The minimum Gasteiger partial charge on any atom is -0.463 e. The number of furan rings is 2. The predicted octanol–water partition coefficient (Wildman–Crippen LogP) is 5.09. The Kier molecular flexibility index (Phi) is 6.86. The van der Waals surface area contributed by atoms with Crippen molar-refractivity contribution in [3.63, 3.8) is 0 Å². The molecule has 6 rings (SSSR count). The lowest BCUT2D eigenvalue weighted by Gasteiger charge is -2.23. The number of fused-ring (bicyclic) bond motifs is 1. The van der Waals surface area contributed by atoms with Crippen LogP contribution in [0.4, 0.5) is 22.7 Å². The van der Waals surface area contributed by atoms with E-state index in [1.165, 1.54) is 42.9 Å². The van der Waals surface area contributed by atoms with Gasteiger partial charge in [0.2, 0.25) is 0 Å². The largest absolute Gasteiger partial charge is 0.463 e. The minimum absolute atomic E-state index is 0.0696. The molecular formula is C30H27N5O6. The van der Waals surface area contributed by atoms with E-state index in [0.717, 1.165) is 43.2 Å². The van der Waals surface area contributed by atoms with Crippen molar-refractivity contribution >= 4 is 45.8 Å². The molecule has 0 radical (unpaired) electrons. The van der Waals surface area contributed by atoms with Gasteiger partial charge in [0.25, 0.3) is 11.6 Å². The lowest BCUT2D eigenvalue weighted by Crippen LogP contribution is -2.33. The van der Waals surface area contributed by atoms with Crippen molar-refractivity contribution < 1.29 is 23.3 Å². The number of nitro groups is 1. The summed E-state index contributed by atoms with van der Waals surface area (Å²) in [6.07, 6.45) is 3.89. The highest BCUT2D eigenvalue weighted by molar-refractivity contribution is 6.45. The zero-order valence-corrected chi connectivity index (χ0v) is 22.3. The molecule has 0 aliphatic carbocycles. The zero-order chi connectivity index (χ0) is 28.5. The number of rotatable bonds is 6. The monoisotopic (exact) mass is 553 g/mol. The average molecular weight is 554 g/mol. The number of anilines is 3. The van der Waals surface area contributed by atoms with Crippen molar-refractivity contribution in [2.45, 2.75) is 6.42 Å². The van der Waals surface area contributed by atoms with Gasteiger partial charge in [-0.15, -0.1) is 0 Å². The Morgan fingerprint density at radius 3 is 2.34 bits per heavy atom. The van der Waals surface area contributed by atoms with Gasteiger partial charge in [0.05, 0.1) is 34.4 Å². The van der Waals surface area contributed by atoms with E-state index < -0.39 is 16.7 Å². The van der Waals surface area contributed by atoms with Crippen LogP contribution in [0.3, 0.4) is 0 Å². The van der Waals surface area contributed by atoms with Gasteiger partial charge in [-0.1, -0.05) is 0 Å². The van der Waals surface area contributed by atoms with E-state index in [9.17, 15) is 19.7 Å². The summed E-state index contributed by atoms with van der Waals surface area (Å²) in [5.74, 6) is -1.10. The molecular weight excluding hydrogens is 526 g/mol. The quantitative estimate of drug-likeness (QED) is 0.150. The Morgan fingerprint density at radius 1 is 0.927 bits per heavy atom. The van der Waals surface area contributed by atoms with Crippen LogP contribution in [0.25, 0.3) is 11.3 Å². The van der Waals surface area contributed by atoms with Gasteiger partial charge in [-0.25, -0.2) is 4.90 Å². The third-order valence-electron chi connectivity index (χ3n) is 7.29. The summed E-state index contributed by atoms with van der Waals surface area (Å²) >= 11 is 0. The van der Waals surface area contributed by atoms with Gasteiger partial charge >= 0.3 is 5.91 Å². The van der Waals surface area contributed by atoms with Crippen LogP contribution in [0.2, 0.25) is 0 Å². The summed E-state index contributed by atoms with van der Waals surface area (Å²) in [7, 11) is 2.13. The first-order chi connectivity index (χ1) is 19.9. The highest BCUT2D eigenvalue weighted by atomic mass is 16.6. The molecule has 0 bridgehead atoms. The lowest BCUT2D eigenvalue weighted by molar-refractivity contribution is -0.384. The van der Waals surface area contributed by atoms with Crippen LogP contribution in [0.1, 0.15) is 28.3 Å². The van der Waals surface area contributed by atoms with Gasteiger partial charge in [-0.2, -0.15) is 0 Å². The van der Waals surface area contributed by atoms with Crippen LogP contribution in [0.15, 0.2) is 88.1 Å². The zero-order valence-electron chi connectivity index (χ0n) is 22.3. The molecule has 4 heterocycles. The van der Waals surface area contributed by atoms with Crippen molar-refractivity contribution in [3.8, 4) is 0 Å². The van der Waals surface area contributed by atoms with Crippen molar-refractivity contribution in [2.24, 2.45) is 0 Å². The molecule has 0 atom stereocenters. The van der Waals surface area contributed by atoms with E-state index >= 15 is 0 Å². The van der Waals surface area contributed by atoms with Crippen LogP contribution in [0, 0.1) is 10.1 Å². The smallest absolute Gasteiger partial charge is 0.301 e. The van der Waals surface area contributed by atoms with Crippen LogP contribution < -0.4 is 15.1 Å². The first-order valence-corrected chi connectivity index (χ1v) is 13.2. The molecule has 11 nitrogen and oxygen atoms in total. The highest BCUT2D eigenvalue weighted by Gasteiger charge is 2.41. The summed E-state index contributed by atoms with van der Waals surface area (Å²) in [5, 5.41) is 14.9. The topological polar surface area (TPSA) is 125 Å². The van der Waals surface area contributed by atoms with E-state index in [4.69, 9.17) is 8.83 Å². The number of hydrogen-bond acceptors (Lipinski definition) is 9. The molecule has 2 aliphatic heterocycles. The van der Waals surface area contributed by atoms with Gasteiger partial charge < -0.3 is 24.0 Å². The van der Waals surface area contributed by atoms with E-state index in [1.54, 1.807) is 12.1 Å². The normalized spacial score (nSPS) is 16.9. The third kappa shape index (κ3) is 4.98. The van der Waals surface area contributed by atoms with Crippen LogP contribution in [-0.2, 0) is 4.79 Å². The summed E-state index contributed by atoms with van der Waals surface area (Å²) in [5.41, 5.74) is 2.46. The molecule has 4 aromatic rings. The molecule has 0 unspecified atom stereocenters. The molecule has 11 heteroatoms.